The van der Waals surface area contributed by atoms with E-state index in [0.29, 0.717) is 29.9 Å². The van der Waals surface area contributed by atoms with Gasteiger partial charge >= 0.3 is 0 Å². The standard InChI is InChI=1S/C23H32N4O2/c1-15(2)12-13-24-23(29)21-26-20(19-7-5-6-14-27(19)21)22(28)25-18-10-8-17(9-11-18)16(3)4/h8-11,15-16H,5-7,12-14H2,1-4H3,(H,24,29)(H,25,28). The Bertz CT molecular complexity index is 866. The first-order chi connectivity index (χ1) is 13.9. The van der Waals surface area contributed by atoms with Crippen LogP contribution in [0.25, 0.3) is 0 Å². The highest BCUT2D eigenvalue weighted by Crippen LogP contribution is 2.23. The van der Waals surface area contributed by atoms with Gasteiger partial charge in [-0.3, -0.25) is 9.59 Å². The summed E-state index contributed by atoms with van der Waals surface area (Å²) >= 11 is 0. The summed E-state index contributed by atoms with van der Waals surface area (Å²) in [4.78, 5) is 30.1. The molecular weight excluding hydrogens is 364 g/mol. The average molecular weight is 397 g/mol. The van der Waals surface area contributed by atoms with Crippen LogP contribution in [-0.4, -0.2) is 27.9 Å². The first kappa shape index (κ1) is 21.1. The Hall–Kier alpha value is -2.63. The zero-order chi connectivity index (χ0) is 21.0. The minimum atomic E-state index is -0.255. The molecule has 0 saturated heterocycles. The highest BCUT2D eigenvalue weighted by molar-refractivity contribution is 6.05. The topological polar surface area (TPSA) is 76.0 Å². The molecule has 2 amide bonds. The molecule has 0 bridgehead atoms. The van der Waals surface area contributed by atoms with E-state index < -0.39 is 0 Å². The van der Waals surface area contributed by atoms with Gasteiger partial charge in [-0.15, -0.1) is 0 Å². The molecular formula is C23H32N4O2. The van der Waals surface area contributed by atoms with Gasteiger partial charge < -0.3 is 15.2 Å². The van der Waals surface area contributed by atoms with Crippen molar-refractivity contribution in [2.75, 3.05) is 11.9 Å². The number of rotatable bonds is 7. The lowest BCUT2D eigenvalue weighted by atomic mass is 10.0. The van der Waals surface area contributed by atoms with E-state index in [1.807, 2.05) is 28.8 Å². The molecule has 156 valence electrons. The Morgan fingerprint density at radius 3 is 2.45 bits per heavy atom. The molecule has 6 heteroatoms. The second-order valence-corrected chi connectivity index (χ2v) is 8.51. The Labute approximate surface area is 173 Å². The van der Waals surface area contributed by atoms with Crippen molar-refractivity contribution in [1.29, 1.82) is 0 Å². The molecule has 3 rings (SSSR count). The third-order valence-electron chi connectivity index (χ3n) is 5.38. The normalized spacial score (nSPS) is 13.4. The minimum absolute atomic E-state index is 0.200. The number of amides is 2. The molecule has 2 aromatic rings. The van der Waals surface area contributed by atoms with Crippen molar-refractivity contribution in [3.63, 3.8) is 0 Å². The molecule has 1 aliphatic rings. The summed E-state index contributed by atoms with van der Waals surface area (Å²) in [5.74, 6) is 0.858. The van der Waals surface area contributed by atoms with Crippen LogP contribution in [0.15, 0.2) is 24.3 Å². The van der Waals surface area contributed by atoms with Gasteiger partial charge in [0, 0.05) is 18.8 Å². The number of carbonyl (C=O) groups excluding carboxylic acids is 2. The Morgan fingerprint density at radius 1 is 1.07 bits per heavy atom. The zero-order valence-electron chi connectivity index (χ0n) is 17.9. The fourth-order valence-electron chi connectivity index (χ4n) is 3.59. The zero-order valence-corrected chi connectivity index (χ0v) is 17.9. The molecule has 1 aliphatic heterocycles. The fraction of sp³-hybridized carbons (Fsp3) is 0.522. The minimum Gasteiger partial charge on any atom is -0.349 e. The monoisotopic (exact) mass is 396 g/mol. The van der Waals surface area contributed by atoms with Crippen LogP contribution in [0.2, 0.25) is 0 Å². The van der Waals surface area contributed by atoms with E-state index >= 15 is 0 Å². The molecule has 0 unspecified atom stereocenters. The molecule has 2 heterocycles. The van der Waals surface area contributed by atoms with E-state index in [0.717, 1.165) is 43.6 Å². The summed E-state index contributed by atoms with van der Waals surface area (Å²) in [6.45, 7) is 9.87. The molecule has 29 heavy (non-hydrogen) atoms. The van der Waals surface area contributed by atoms with Gasteiger partial charge in [-0.2, -0.15) is 0 Å². The number of carbonyl (C=O) groups is 2. The van der Waals surface area contributed by atoms with Crippen molar-refractivity contribution >= 4 is 17.5 Å². The van der Waals surface area contributed by atoms with Crippen molar-refractivity contribution in [1.82, 2.24) is 14.9 Å². The first-order valence-corrected chi connectivity index (χ1v) is 10.7. The summed E-state index contributed by atoms with van der Waals surface area (Å²) in [5.41, 5.74) is 3.19. The van der Waals surface area contributed by atoms with Gasteiger partial charge in [0.2, 0.25) is 0 Å². The summed E-state index contributed by atoms with van der Waals surface area (Å²) in [6.07, 6.45) is 3.68. The molecule has 1 aromatic carbocycles. The summed E-state index contributed by atoms with van der Waals surface area (Å²) in [7, 11) is 0. The Morgan fingerprint density at radius 2 is 1.79 bits per heavy atom. The molecule has 2 N–H and O–H groups in total. The number of anilines is 1. The van der Waals surface area contributed by atoms with Gasteiger partial charge in [0.1, 0.15) is 0 Å². The van der Waals surface area contributed by atoms with Crippen LogP contribution in [0.1, 0.15) is 85.2 Å². The van der Waals surface area contributed by atoms with Gasteiger partial charge in [0.25, 0.3) is 11.8 Å². The molecule has 1 aromatic heterocycles. The molecule has 0 radical (unpaired) electrons. The van der Waals surface area contributed by atoms with Crippen LogP contribution in [-0.2, 0) is 13.0 Å². The number of aromatic nitrogens is 2. The summed E-state index contributed by atoms with van der Waals surface area (Å²) < 4.78 is 1.92. The van der Waals surface area contributed by atoms with Crippen molar-refractivity contribution in [3.8, 4) is 0 Å². The third-order valence-corrected chi connectivity index (χ3v) is 5.38. The number of nitrogens with zero attached hydrogens (tertiary/aromatic N) is 2. The third kappa shape index (κ3) is 5.05. The largest absolute Gasteiger partial charge is 0.349 e. The second kappa shape index (κ2) is 9.25. The van der Waals surface area contributed by atoms with Crippen LogP contribution >= 0.6 is 0 Å². The van der Waals surface area contributed by atoms with E-state index in [4.69, 9.17) is 0 Å². The van der Waals surface area contributed by atoms with E-state index in [-0.39, 0.29) is 11.8 Å². The van der Waals surface area contributed by atoms with Crippen LogP contribution in [0.4, 0.5) is 5.69 Å². The van der Waals surface area contributed by atoms with Gasteiger partial charge in [0.15, 0.2) is 11.5 Å². The van der Waals surface area contributed by atoms with Gasteiger partial charge in [-0.25, -0.2) is 4.98 Å². The molecule has 0 saturated carbocycles. The summed E-state index contributed by atoms with van der Waals surface area (Å²) in [5, 5.41) is 5.88. The van der Waals surface area contributed by atoms with Crippen LogP contribution in [0, 0.1) is 5.92 Å². The van der Waals surface area contributed by atoms with Crippen molar-refractivity contribution in [3.05, 3.63) is 47.0 Å². The smallest absolute Gasteiger partial charge is 0.287 e. The number of imidazole rings is 1. The first-order valence-electron chi connectivity index (χ1n) is 10.7. The average Bonchev–Trinajstić information content (AvgIpc) is 3.08. The van der Waals surface area contributed by atoms with E-state index in [1.54, 1.807) is 0 Å². The highest BCUT2D eigenvalue weighted by Gasteiger charge is 2.27. The quantitative estimate of drug-likeness (QED) is 0.730. The predicted molar refractivity (Wildman–Crippen MR) is 115 cm³/mol. The van der Waals surface area contributed by atoms with E-state index in [9.17, 15) is 9.59 Å². The number of hydrogen-bond acceptors (Lipinski definition) is 3. The molecule has 0 atom stereocenters. The van der Waals surface area contributed by atoms with Crippen LogP contribution in [0.3, 0.4) is 0 Å². The fourth-order valence-corrected chi connectivity index (χ4v) is 3.59. The highest BCUT2D eigenvalue weighted by atomic mass is 16.2. The predicted octanol–water partition coefficient (Wildman–Crippen LogP) is 4.37. The number of benzene rings is 1. The van der Waals surface area contributed by atoms with E-state index in [2.05, 4.69) is 43.3 Å². The SMILES string of the molecule is CC(C)CCNC(=O)c1nc(C(=O)Nc2ccc(C(C)C)cc2)c2n1CCCC2. The van der Waals surface area contributed by atoms with Crippen LogP contribution < -0.4 is 10.6 Å². The van der Waals surface area contributed by atoms with Crippen molar-refractivity contribution < 1.29 is 9.59 Å². The maximum absolute atomic E-state index is 12.9. The van der Waals surface area contributed by atoms with Gasteiger partial charge in [-0.1, -0.05) is 39.8 Å². The molecule has 0 aliphatic carbocycles. The van der Waals surface area contributed by atoms with Gasteiger partial charge in [-0.05, 0) is 55.2 Å². The maximum Gasteiger partial charge on any atom is 0.287 e. The van der Waals surface area contributed by atoms with Gasteiger partial charge in [0.05, 0.1) is 5.69 Å². The number of nitrogens with one attached hydrogen (secondary N) is 2. The lowest BCUT2D eigenvalue weighted by Gasteiger charge is -2.17. The van der Waals surface area contributed by atoms with Crippen molar-refractivity contribution in [2.45, 2.75) is 65.8 Å². The maximum atomic E-state index is 12.9. The van der Waals surface area contributed by atoms with Crippen LogP contribution in [0.5, 0.6) is 0 Å². The lowest BCUT2D eigenvalue weighted by Crippen LogP contribution is -2.29. The van der Waals surface area contributed by atoms with Crippen molar-refractivity contribution in [2.24, 2.45) is 5.92 Å². The van der Waals surface area contributed by atoms with E-state index in [1.165, 1.54) is 5.56 Å². The molecule has 0 fully saturated rings. The molecule has 0 spiro atoms. The molecule has 6 nitrogen and oxygen atoms in total. The Balaban J connectivity index is 1.78. The summed E-state index contributed by atoms with van der Waals surface area (Å²) in [6, 6.07) is 7.87. The number of fused-ring (bicyclic) bond motifs is 1. The number of hydrogen-bond donors (Lipinski definition) is 2. The Kier molecular flexibility index (Phi) is 6.72. The second-order valence-electron chi connectivity index (χ2n) is 8.51. The lowest BCUT2D eigenvalue weighted by molar-refractivity contribution is 0.0936.